The summed E-state index contributed by atoms with van der Waals surface area (Å²) in [4.78, 5) is 13.9. The molecule has 2 aromatic rings. The van der Waals surface area contributed by atoms with E-state index in [1.54, 1.807) is 24.9 Å². The molecule has 1 aromatic carbocycles. The molecular formula is C14H16N2O2. The van der Waals surface area contributed by atoms with Crippen molar-refractivity contribution in [2.24, 2.45) is 5.73 Å². The van der Waals surface area contributed by atoms with E-state index in [-0.39, 0.29) is 5.91 Å². The van der Waals surface area contributed by atoms with E-state index >= 15 is 0 Å². The monoisotopic (exact) mass is 244 g/mol. The van der Waals surface area contributed by atoms with Gasteiger partial charge in [0, 0.05) is 19.3 Å². The quantitative estimate of drug-likeness (QED) is 0.901. The second-order valence-electron chi connectivity index (χ2n) is 4.13. The van der Waals surface area contributed by atoms with Crippen LogP contribution in [0.2, 0.25) is 0 Å². The highest BCUT2D eigenvalue weighted by Crippen LogP contribution is 2.19. The lowest BCUT2D eigenvalue weighted by atomic mass is 10.1. The number of rotatable bonds is 3. The van der Waals surface area contributed by atoms with Crippen molar-refractivity contribution in [1.29, 1.82) is 0 Å². The minimum Gasteiger partial charge on any atom is -0.469 e. The Morgan fingerprint density at radius 2 is 2.17 bits per heavy atom. The van der Waals surface area contributed by atoms with E-state index in [0.29, 0.717) is 17.9 Å². The van der Waals surface area contributed by atoms with Crippen molar-refractivity contribution in [3.05, 3.63) is 53.5 Å². The zero-order chi connectivity index (χ0) is 13.1. The highest BCUT2D eigenvalue weighted by Gasteiger charge is 2.17. The van der Waals surface area contributed by atoms with E-state index in [2.05, 4.69) is 0 Å². The molecule has 0 aliphatic heterocycles. The maximum atomic E-state index is 12.3. The van der Waals surface area contributed by atoms with Gasteiger partial charge in [0.15, 0.2) is 0 Å². The predicted octanol–water partition coefficient (Wildman–Crippen LogP) is 2.32. The predicted molar refractivity (Wildman–Crippen MR) is 70.5 cm³/mol. The van der Waals surface area contributed by atoms with E-state index in [9.17, 15) is 4.79 Å². The molecule has 0 spiro atoms. The van der Waals surface area contributed by atoms with Crippen LogP contribution in [0.3, 0.4) is 0 Å². The van der Waals surface area contributed by atoms with Crippen LogP contribution in [0.15, 0.2) is 41.0 Å². The summed E-state index contributed by atoms with van der Waals surface area (Å²) in [5, 5.41) is 0. The van der Waals surface area contributed by atoms with Crippen molar-refractivity contribution < 1.29 is 9.21 Å². The van der Waals surface area contributed by atoms with Gasteiger partial charge in [-0.25, -0.2) is 0 Å². The van der Waals surface area contributed by atoms with Gasteiger partial charge in [-0.3, -0.25) is 4.79 Å². The molecule has 1 heterocycles. The fourth-order valence-corrected chi connectivity index (χ4v) is 1.80. The number of amides is 1. The first kappa shape index (κ1) is 12.4. The van der Waals surface area contributed by atoms with Crippen molar-refractivity contribution in [2.45, 2.75) is 13.5 Å². The van der Waals surface area contributed by atoms with Gasteiger partial charge < -0.3 is 15.1 Å². The number of carbonyl (C=O) groups is 1. The number of anilines is 1. The van der Waals surface area contributed by atoms with Crippen LogP contribution in [0.1, 0.15) is 21.7 Å². The van der Waals surface area contributed by atoms with E-state index in [4.69, 9.17) is 10.2 Å². The van der Waals surface area contributed by atoms with Crippen molar-refractivity contribution in [2.75, 3.05) is 11.9 Å². The average Bonchev–Trinajstić information content (AvgIpc) is 2.83. The summed E-state index contributed by atoms with van der Waals surface area (Å²) >= 11 is 0. The third kappa shape index (κ3) is 2.28. The number of carbonyl (C=O) groups excluding carboxylic acids is 1. The maximum Gasteiger partial charge on any atom is 0.261 e. The van der Waals surface area contributed by atoms with Crippen LogP contribution in [0.5, 0.6) is 0 Å². The Morgan fingerprint density at radius 1 is 1.39 bits per heavy atom. The van der Waals surface area contributed by atoms with Crippen LogP contribution in [0, 0.1) is 6.92 Å². The van der Waals surface area contributed by atoms with E-state index in [1.165, 1.54) is 6.26 Å². The average molecular weight is 244 g/mol. The molecular weight excluding hydrogens is 228 g/mol. The molecule has 0 saturated heterocycles. The molecule has 0 saturated carbocycles. The molecule has 0 aliphatic carbocycles. The number of hydrogen-bond donors (Lipinski definition) is 1. The zero-order valence-electron chi connectivity index (χ0n) is 10.5. The second kappa shape index (κ2) is 5.06. The Kier molecular flexibility index (Phi) is 3.48. The standard InChI is InChI=1S/C14H16N2O2/c1-10-13(6-7-18-10)14(17)16(2)12-5-3-4-11(8-12)9-15/h3-8H,9,15H2,1-2H3. The van der Waals surface area contributed by atoms with Gasteiger partial charge in [0.05, 0.1) is 11.8 Å². The number of nitrogens with two attached hydrogens (primary N) is 1. The molecule has 0 unspecified atom stereocenters. The van der Waals surface area contributed by atoms with Gasteiger partial charge in [-0.2, -0.15) is 0 Å². The Labute approximate surface area is 106 Å². The van der Waals surface area contributed by atoms with Crippen molar-refractivity contribution in [1.82, 2.24) is 0 Å². The third-order valence-corrected chi connectivity index (χ3v) is 2.93. The van der Waals surface area contributed by atoms with Crippen LogP contribution in [0.25, 0.3) is 0 Å². The summed E-state index contributed by atoms with van der Waals surface area (Å²) in [6.07, 6.45) is 1.52. The van der Waals surface area contributed by atoms with Crippen LogP contribution in [-0.2, 0) is 6.54 Å². The Morgan fingerprint density at radius 3 is 2.78 bits per heavy atom. The van der Waals surface area contributed by atoms with Gasteiger partial charge in [0.1, 0.15) is 5.76 Å². The first-order chi connectivity index (χ1) is 8.63. The minimum absolute atomic E-state index is 0.0876. The highest BCUT2D eigenvalue weighted by molar-refractivity contribution is 6.06. The normalized spacial score (nSPS) is 10.4. The lowest BCUT2D eigenvalue weighted by Crippen LogP contribution is -2.26. The van der Waals surface area contributed by atoms with Crippen LogP contribution in [0.4, 0.5) is 5.69 Å². The Hall–Kier alpha value is -2.07. The number of furan rings is 1. The summed E-state index contributed by atoms with van der Waals surface area (Å²) in [6.45, 7) is 2.23. The van der Waals surface area contributed by atoms with Crippen molar-refractivity contribution in [3.63, 3.8) is 0 Å². The minimum atomic E-state index is -0.0876. The molecule has 4 nitrogen and oxygen atoms in total. The topological polar surface area (TPSA) is 59.5 Å². The van der Waals surface area contributed by atoms with Crippen molar-refractivity contribution >= 4 is 11.6 Å². The number of benzene rings is 1. The van der Waals surface area contributed by atoms with Crippen LogP contribution < -0.4 is 10.6 Å². The lowest BCUT2D eigenvalue weighted by molar-refractivity contribution is 0.0991. The van der Waals surface area contributed by atoms with Gasteiger partial charge >= 0.3 is 0 Å². The molecule has 0 radical (unpaired) electrons. The molecule has 94 valence electrons. The Balaban J connectivity index is 2.28. The summed E-state index contributed by atoms with van der Waals surface area (Å²) in [5.41, 5.74) is 7.99. The SMILES string of the molecule is Cc1occc1C(=O)N(C)c1cccc(CN)c1. The van der Waals surface area contributed by atoms with Gasteiger partial charge in [-0.05, 0) is 30.7 Å². The summed E-state index contributed by atoms with van der Waals surface area (Å²) in [5.74, 6) is 0.539. The van der Waals surface area contributed by atoms with Gasteiger partial charge in [-0.15, -0.1) is 0 Å². The van der Waals surface area contributed by atoms with Gasteiger partial charge in [-0.1, -0.05) is 12.1 Å². The summed E-state index contributed by atoms with van der Waals surface area (Å²) in [6, 6.07) is 9.30. The van der Waals surface area contributed by atoms with Crippen LogP contribution in [-0.4, -0.2) is 13.0 Å². The van der Waals surface area contributed by atoms with Gasteiger partial charge in [0.2, 0.25) is 0 Å². The smallest absolute Gasteiger partial charge is 0.261 e. The Bertz CT molecular complexity index is 560. The van der Waals surface area contributed by atoms with E-state index in [1.807, 2.05) is 24.3 Å². The number of nitrogens with zero attached hydrogens (tertiary/aromatic N) is 1. The number of hydrogen-bond acceptors (Lipinski definition) is 3. The van der Waals surface area contributed by atoms with Crippen molar-refractivity contribution in [3.8, 4) is 0 Å². The molecule has 0 fully saturated rings. The highest BCUT2D eigenvalue weighted by atomic mass is 16.3. The molecule has 1 aromatic heterocycles. The van der Waals surface area contributed by atoms with E-state index in [0.717, 1.165) is 11.3 Å². The maximum absolute atomic E-state index is 12.3. The molecule has 2 rings (SSSR count). The molecule has 0 bridgehead atoms. The summed E-state index contributed by atoms with van der Waals surface area (Å²) < 4.78 is 5.15. The molecule has 4 heteroatoms. The summed E-state index contributed by atoms with van der Waals surface area (Å²) in [7, 11) is 1.74. The third-order valence-electron chi connectivity index (χ3n) is 2.93. The zero-order valence-corrected chi connectivity index (χ0v) is 10.5. The molecule has 1 amide bonds. The van der Waals surface area contributed by atoms with E-state index < -0.39 is 0 Å². The lowest BCUT2D eigenvalue weighted by Gasteiger charge is -2.17. The number of aryl methyl sites for hydroxylation is 1. The molecule has 18 heavy (non-hydrogen) atoms. The largest absolute Gasteiger partial charge is 0.469 e. The first-order valence-corrected chi connectivity index (χ1v) is 5.74. The molecule has 2 N–H and O–H groups in total. The van der Waals surface area contributed by atoms with Gasteiger partial charge in [0.25, 0.3) is 5.91 Å². The first-order valence-electron chi connectivity index (χ1n) is 5.74. The fraction of sp³-hybridized carbons (Fsp3) is 0.214. The molecule has 0 aliphatic rings. The fourth-order valence-electron chi connectivity index (χ4n) is 1.80. The van der Waals surface area contributed by atoms with Crippen LogP contribution >= 0.6 is 0 Å². The molecule has 0 atom stereocenters. The second-order valence-corrected chi connectivity index (χ2v) is 4.13.